The Balaban J connectivity index is 1.44. The highest BCUT2D eigenvalue weighted by molar-refractivity contribution is 6.30. The Hall–Kier alpha value is -3.10. The normalized spacial score (nSPS) is 21.8. The summed E-state index contributed by atoms with van der Waals surface area (Å²) >= 11 is 6.05. The van der Waals surface area contributed by atoms with Crippen LogP contribution in [0.2, 0.25) is 5.02 Å². The van der Waals surface area contributed by atoms with E-state index in [0.29, 0.717) is 36.1 Å². The summed E-state index contributed by atoms with van der Waals surface area (Å²) in [6.07, 6.45) is 1.49. The molecule has 180 valence electrons. The summed E-state index contributed by atoms with van der Waals surface area (Å²) in [5, 5.41) is 6.31. The van der Waals surface area contributed by atoms with Crippen molar-refractivity contribution in [1.29, 1.82) is 0 Å². The number of nitrogens with one attached hydrogen (secondary N) is 2. The summed E-state index contributed by atoms with van der Waals surface area (Å²) in [5.74, 6) is -0.235. The van der Waals surface area contributed by atoms with Gasteiger partial charge in [-0.25, -0.2) is 4.79 Å². The van der Waals surface area contributed by atoms with Crippen LogP contribution in [0.1, 0.15) is 30.9 Å². The largest absolute Gasteiger partial charge is 0.497 e. The van der Waals surface area contributed by atoms with Crippen molar-refractivity contribution >= 4 is 29.4 Å². The van der Waals surface area contributed by atoms with E-state index in [-0.39, 0.29) is 12.0 Å². The highest BCUT2D eigenvalue weighted by Crippen LogP contribution is 2.35. The fourth-order valence-electron chi connectivity index (χ4n) is 4.56. The number of carbonyl (C=O) groups excluding carboxylic acids is 3. The molecule has 1 atom stereocenters. The fourth-order valence-corrected chi connectivity index (χ4v) is 4.69. The van der Waals surface area contributed by atoms with Crippen molar-refractivity contribution in [1.82, 2.24) is 15.5 Å². The van der Waals surface area contributed by atoms with Crippen LogP contribution in [0.5, 0.6) is 5.75 Å². The van der Waals surface area contributed by atoms with Crippen molar-refractivity contribution in [3.8, 4) is 5.75 Å². The molecule has 2 heterocycles. The van der Waals surface area contributed by atoms with E-state index in [1.165, 1.54) is 0 Å². The number of halogens is 1. The van der Waals surface area contributed by atoms with E-state index in [1.807, 2.05) is 24.3 Å². The van der Waals surface area contributed by atoms with E-state index in [4.69, 9.17) is 21.1 Å². The van der Waals surface area contributed by atoms with Gasteiger partial charge in [-0.3, -0.25) is 14.5 Å². The summed E-state index contributed by atoms with van der Waals surface area (Å²) in [7, 11) is 1.55. The lowest BCUT2D eigenvalue weighted by Gasteiger charge is -2.38. The Kier molecular flexibility index (Phi) is 6.81. The predicted octanol–water partition coefficient (Wildman–Crippen LogP) is 2.98. The first kappa shape index (κ1) is 24.0. The number of hydrogen-bond donors (Lipinski definition) is 2. The van der Waals surface area contributed by atoms with Crippen molar-refractivity contribution in [3.63, 3.8) is 0 Å². The molecule has 2 aromatic carbocycles. The summed E-state index contributed by atoms with van der Waals surface area (Å²) < 4.78 is 10.7. The molecule has 4 rings (SSSR count). The predicted molar refractivity (Wildman–Crippen MR) is 127 cm³/mol. The highest BCUT2D eigenvalue weighted by atomic mass is 35.5. The van der Waals surface area contributed by atoms with Gasteiger partial charge in [-0.2, -0.15) is 0 Å². The average molecular weight is 486 g/mol. The maximum atomic E-state index is 13.2. The molecule has 0 spiro atoms. The number of carbonyl (C=O) groups is 3. The van der Waals surface area contributed by atoms with Gasteiger partial charge in [0.15, 0.2) is 0 Å². The van der Waals surface area contributed by atoms with E-state index in [1.54, 1.807) is 38.3 Å². The smallest absolute Gasteiger partial charge is 0.325 e. The Labute approximate surface area is 203 Å². The van der Waals surface area contributed by atoms with E-state index in [2.05, 4.69) is 10.6 Å². The molecule has 2 saturated heterocycles. The molecule has 0 bridgehead atoms. The number of ether oxygens (including phenoxy) is 2. The van der Waals surface area contributed by atoms with Crippen LogP contribution in [0.15, 0.2) is 48.5 Å². The minimum Gasteiger partial charge on any atom is -0.497 e. The van der Waals surface area contributed by atoms with Crippen LogP contribution in [0.4, 0.5) is 4.79 Å². The number of hydrogen-bond acceptors (Lipinski definition) is 5. The van der Waals surface area contributed by atoms with Crippen molar-refractivity contribution in [2.45, 2.75) is 30.7 Å². The molecule has 9 heteroatoms. The van der Waals surface area contributed by atoms with Gasteiger partial charge in [0.1, 0.15) is 17.8 Å². The van der Waals surface area contributed by atoms with E-state index < -0.39 is 23.4 Å². The molecule has 1 unspecified atom stereocenters. The second kappa shape index (κ2) is 9.64. The van der Waals surface area contributed by atoms with Gasteiger partial charge < -0.3 is 20.1 Å². The molecular formula is C25H28ClN3O5. The minimum atomic E-state index is -1.26. The van der Waals surface area contributed by atoms with Gasteiger partial charge in [0.25, 0.3) is 5.91 Å². The van der Waals surface area contributed by atoms with E-state index >= 15 is 0 Å². The molecule has 4 amide bonds. The molecule has 0 aliphatic carbocycles. The zero-order valence-electron chi connectivity index (χ0n) is 19.2. The van der Waals surface area contributed by atoms with Gasteiger partial charge in [0.2, 0.25) is 5.91 Å². The van der Waals surface area contributed by atoms with Crippen LogP contribution < -0.4 is 15.4 Å². The molecule has 2 N–H and O–H groups in total. The van der Waals surface area contributed by atoms with Crippen LogP contribution in [0.25, 0.3) is 0 Å². The molecule has 0 saturated carbocycles. The monoisotopic (exact) mass is 485 g/mol. The molecule has 2 fully saturated rings. The zero-order valence-corrected chi connectivity index (χ0v) is 20.0. The van der Waals surface area contributed by atoms with Crippen LogP contribution in [0, 0.1) is 0 Å². The van der Waals surface area contributed by atoms with Crippen LogP contribution in [-0.2, 0) is 25.3 Å². The SMILES string of the molecule is COc1ccc(C2(C)NC(=O)N(CC(=O)NCC3(c4ccc(Cl)cc4)CCOCC3)C2=O)cc1. The van der Waals surface area contributed by atoms with Crippen molar-refractivity contribution in [2.24, 2.45) is 0 Å². The Bertz CT molecular complexity index is 1070. The van der Waals surface area contributed by atoms with E-state index in [0.717, 1.165) is 23.3 Å². The summed E-state index contributed by atoms with van der Waals surface area (Å²) in [6.45, 7) is 2.82. The molecule has 0 aromatic heterocycles. The standard InChI is InChI=1S/C25H28ClN3O5/c1-24(17-5-9-20(33-2)10-6-17)22(31)29(23(32)28-24)15-21(30)27-16-25(11-13-34-14-12-25)18-3-7-19(26)8-4-18/h3-10H,11-16H2,1-2H3,(H,27,30)(H,28,32). The van der Waals surface area contributed by atoms with Gasteiger partial charge in [0.05, 0.1) is 7.11 Å². The molecule has 34 heavy (non-hydrogen) atoms. The van der Waals surface area contributed by atoms with Gasteiger partial charge in [-0.15, -0.1) is 0 Å². The molecule has 2 aliphatic heterocycles. The Morgan fingerprint density at radius 1 is 1.09 bits per heavy atom. The van der Waals surface area contributed by atoms with Gasteiger partial charge >= 0.3 is 6.03 Å². The lowest BCUT2D eigenvalue weighted by molar-refractivity contribution is -0.134. The number of amides is 4. The van der Waals surface area contributed by atoms with Crippen LogP contribution >= 0.6 is 11.6 Å². The number of urea groups is 1. The zero-order chi connectivity index (χ0) is 24.3. The van der Waals surface area contributed by atoms with Gasteiger partial charge in [0, 0.05) is 30.2 Å². The topological polar surface area (TPSA) is 97.0 Å². The Morgan fingerprint density at radius 3 is 2.32 bits per heavy atom. The summed E-state index contributed by atoms with van der Waals surface area (Å²) in [5.41, 5.74) is 0.128. The van der Waals surface area contributed by atoms with Crippen LogP contribution in [-0.4, -0.2) is 56.2 Å². The highest BCUT2D eigenvalue weighted by Gasteiger charge is 2.49. The third-order valence-corrected chi connectivity index (χ3v) is 7.03. The molecule has 2 aromatic rings. The molecular weight excluding hydrogens is 458 g/mol. The molecule has 8 nitrogen and oxygen atoms in total. The molecule has 2 aliphatic rings. The van der Waals surface area contributed by atoms with Gasteiger partial charge in [-0.05, 0) is 55.2 Å². The maximum Gasteiger partial charge on any atom is 0.325 e. The number of nitrogens with zero attached hydrogens (tertiary/aromatic N) is 1. The van der Waals surface area contributed by atoms with Crippen LogP contribution in [0.3, 0.4) is 0 Å². The summed E-state index contributed by atoms with van der Waals surface area (Å²) in [6, 6.07) is 13.9. The lowest BCUT2D eigenvalue weighted by atomic mass is 9.74. The van der Waals surface area contributed by atoms with Crippen molar-refractivity contribution < 1.29 is 23.9 Å². The first-order chi connectivity index (χ1) is 16.3. The lowest BCUT2D eigenvalue weighted by Crippen LogP contribution is -2.48. The number of methoxy groups -OCH3 is 1. The average Bonchev–Trinajstić information content (AvgIpc) is 3.07. The third-order valence-electron chi connectivity index (χ3n) is 6.77. The number of benzene rings is 2. The first-order valence-electron chi connectivity index (χ1n) is 11.2. The minimum absolute atomic E-state index is 0.298. The summed E-state index contributed by atoms with van der Waals surface area (Å²) in [4.78, 5) is 39.6. The van der Waals surface area contributed by atoms with E-state index in [9.17, 15) is 14.4 Å². The third kappa shape index (κ3) is 4.60. The van der Waals surface area contributed by atoms with Gasteiger partial charge in [-0.1, -0.05) is 35.9 Å². The maximum absolute atomic E-state index is 13.2. The number of imide groups is 1. The molecule has 0 radical (unpaired) electrons. The fraction of sp³-hybridized carbons (Fsp3) is 0.400. The van der Waals surface area contributed by atoms with Crippen molar-refractivity contribution in [3.05, 3.63) is 64.7 Å². The van der Waals surface area contributed by atoms with Crippen molar-refractivity contribution in [2.75, 3.05) is 33.4 Å². The first-order valence-corrected chi connectivity index (χ1v) is 11.5. The Morgan fingerprint density at radius 2 is 1.71 bits per heavy atom. The number of rotatable bonds is 7. The second-order valence-corrected chi connectivity index (χ2v) is 9.29. The second-order valence-electron chi connectivity index (χ2n) is 8.85. The quantitative estimate of drug-likeness (QED) is 0.588.